The van der Waals surface area contributed by atoms with Crippen molar-refractivity contribution in [3.63, 3.8) is 0 Å². The zero-order valence-corrected chi connectivity index (χ0v) is 13.9. The zero-order valence-electron chi connectivity index (χ0n) is 13.1. The van der Waals surface area contributed by atoms with Crippen LogP contribution in [0.3, 0.4) is 0 Å². The molecule has 0 bridgehead atoms. The number of rotatable bonds is 7. The summed E-state index contributed by atoms with van der Waals surface area (Å²) < 4.78 is 20.3. The van der Waals surface area contributed by atoms with Gasteiger partial charge in [0.2, 0.25) is 4.96 Å². The number of nitrogens with zero attached hydrogens (tertiary/aromatic N) is 5. The normalized spacial score (nSPS) is 11.5. The zero-order chi connectivity index (χ0) is 16.2. The highest BCUT2D eigenvalue weighted by Gasteiger charge is 2.14. The summed E-state index contributed by atoms with van der Waals surface area (Å²) >= 11 is 1.44. The fourth-order valence-corrected chi connectivity index (χ4v) is 2.94. The van der Waals surface area contributed by atoms with Crippen LogP contribution in [0.4, 0.5) is 4.39 Å². The average Bonchev–Trinajstić information content (AvgIpc) is 3.13. The van der Waals surface area contributed by atoms with Crippen LogP contribution in [0.25, 0.3) is 4.96 Å². The molecule has 1 aromatic carbocycles. The minimum Gasteiger partial charge on any atom is -0.486 e. The third-order valence-corrected chi connectivity index (χ3v) is 4.40. The SMILES string of the molecule is CCN(CC)Cc1nnc2sc(COc3ccc(F)cc3)nn12. The van der Waals surface area contributed by atoms with Crippen molar-refractivity contribution < 1.29 is 9.13 Å². The number of hydrogen-bond donors (Lipinski definition) is 0. The van der Waals surface area contributed by atoms with Crippen molar-refractivity contribution in [1.29, 1.82) is 0 Å². The molecule has 0 fully saturated rings. The molecule has 6 nitrogen and oxygen atoms in total. The smallest absolute Gasteiger partial charge is 0.234 e. The number of aromatic nitrogens is 4. The summed E-state index contributed by atoms with van der Waals surface area (Å²) in [4.78, 5) is 3.01. The standard InChI is InChI=1S/C15H18FN5OS/c1-3-20(4-2)9-13-17-18-15-21(13)19-14(23-15)10-22-12-7-5-11(16)6-8-12/h5-8H,3-4,9-10H2,1-2H3. The molecule has 0 saturated heterocycles. The van der Waals surface area contributed by atoms with Crippen LogP contribution in [0.5, 0.6) is 5.75 Å². The summed E-state index contributed by atoms with van der Waals surface area (Å²) in [7, 11) is 0. The second kappa shape index (κ2) is 7.01. The van der Waals surface area contributed by atoms with E-state index in [0.29, 0.717) is 12.4 Å². The predicted octanol–water partition coefficient (Wildman–Crippen LogP) is 2.75. The van der Waals surface area contributed by atoms with Crippen molar-refractivity contribution in [3.8, 4) is 5.75 Å². The Balaban J connectivity index is 1.70. The summed E-state index contributed by atoms with van der Waals surface area (Å²) in [6.07, 6.45) is 0. The molecule has 2 heterocycles. The Bertz CT molecular complexity index is 766. The third-order valence-electron chi connectivity index (χ3n) is 3.53. The number of halogens is 1. The lowest BCUT2D eigenvalue weighted by atomic mass is 10.3. The molecule has 23 heavy (non-hydrogen) atoms. The molecule has 8 heteroatoms. The maximum atomic E-state index is 12.9. The predicted molar refractivity (Wildman–Crippen MR) is 86.0 cm³/mol. The second-order valence-electron chi connectivity index (χ2n) is 5.01. The highest BCUT2D eigenvalue weighted by molar-refractivity contribution is 7.16. The van der Waals surface area contributed by atoms with Crippen molar-refractivity contribution in [2.45, 2.75) is 27.0 Å². The minimum absolute atomic E-state index is 0.280. The number of ether oxygens (including phenoxy) is 1. The minimum atomic E-state index is -0.280. The molecule has 0 N–H and O–H groups in total. The fourth-order valence-electron chi connectivity index (χ4n) is 2.18. The van der Waals surface area contributed by atoms with Crippen molar-refractivity contribution in [1.82, 2.24) is 24.7 Å². The van der Waals surface area contributed by atoms with Gasteiger partial charge in [-0.3, -0.25) is 4.90 Å². The molecular formula is C15H18FN5OS. The molecule has 0 aliphatic carbocycles. The van der Waals surface area contributed by atoms with Crippen LogP contribution >= 0.6 is 11.3 Å². The van der Waals surface area contributed by atoms with E-state index >= 15 is 0 Å². The van der Waals surface area contributed by atoms with E-state index in [0.717, 1.165) is 35.4 Å². The molecule has 3 rings (SSSR count). The Hall–Kier alpha value is -2.06. The van der Waals surface area contributed by atoms with E-state index in [1.807, 2.05) is 0 Å². The van der Waals surface area contributed by atoms with Gasteiger partial charge < -0.3 is 4.74 Å². The van der Waals surface area contributed by atoms with Gasteiger partial charge in [-0.05, 0) is 37.4 Å². The lowest BCUT2D eigenvalue weighted by molar-refractivity contribution is 0.284. The number of fused-ring (bicyclic) bond motifs is 1. The second-order valence-corrected chi connectivity index (χ2v) is 6.05. The van der Waals surface area contributed by atoms with Crippen LogP contribution in [0.2, 0.25) is 0 Å². The van der Waals surface area contributed by atoms with Gasteiger partial charge in [0, 0.05) is 0 Å². The molecule has 122 valence electrons. The van der Waals surface area contributed by atoms with Gasteiger partial charge in [-0.1, -0.05) is 25.2 Å². The van der Waals surface area contributed by atoms with Gasteiger partial charge in [-0.25, -0.2) is 4.39 Å². The lowest BCUT2D eigenvalue weighted by Gasteiger charge is -2.15. The largest absolute Gasteiger partial charge is 0.486 e. The van der Waals surface area contributed by atoms with Gasteiger partial charge >= 0.3 is 0 Å². The first-order valence-electron chi connectivity index (χ1n) is 7.50. The van der Waals surface area contributed by atoms with Crippen LogP contribution in [-0.4, -0.2) is 37.8 Å². The summed E-state index contributed by atoms with van der Waals surface area (Å²) in [6, 6.07) is 5.94. The molecule has 0 atom stereocenters. The van der Waals surface area contributed by atoms with Crippen LogP contribution in [0, 0.1) is 5.82 Å². The van der Waals surface area contributed by atoms with Crippen LogP contribution in [-0.2, 0) is 13.2 Å². The molecule has 0 radical (unpaired) electrons. The van der Waals surface area contributed by atoms with E-state index < -0.39 is 0 Å². The first-order valence-corrected chi connectivity index (χ1v) is 8.32. The summed E-state index contributed by atoms with van der Waals surface area (Å²) in [5, 5.41) is 13.7. The van der Waals surface area contributed by atoms with Crippen molar-refractivity contribution in [2.75, 3.05) is 13.1 Å². The summed E-state index contributed by atoms with van der Waals surface area (Å²) in [5.74, 6) is 1.16. The van der Waals surface area contributed by atoms with Gasteiger partial charge in [0.05, 0.1) is 6.54 Å². The Morgan fingerprint density at radius 3 is 2.61 bits per heavy atom. The topological polar surface area (TPSA) is 55.5 Å². The molecule has 0 saturated carbocycles. The van der Waals surface area contributed by atoms with E-state index in [1.165, 1.54) is 23.5 Å². The highest BCUT2D eigenvalue weighted by atomic mass is 32.1. The van der Waals surface area contributed by atoms with E-state index in [1.54, 1.807) is 16.6 Å². The Morgan fingerprint density at radius 1 is 1.17 bits per heavy atom. The maximum Gasteiger partial charge on any atom is 0.234 e. The van der Waals surface area contributed by atoms with Crippen molar-refractivity contribution >= 4 is 16.3 Å². The van der Waals surface area contributed by atoms with Crippen molar-refractivity contribution in [3.05, 3.63) is 40.9 Å². The first kappa shape index (κ1) is 15.8. The lowest BCUT2D eigenvalue weighted by Crippen LogP contribution is -2.23. The molecule has 0 unspecified atom stereocenters. The fraction of sp³-hybridized carbons (Fsp3) is 0.400. The average molecular weight is 335 g/mol. The van der Waals surface area contributed by atoms with Gasteiger partial charge in [0.1, 0.15) is 18.2 Å². The van der Waals surface area contributed by atoms with E-state index in [-0.39, 0.29) is 5.82 Å². The molecule has 0 spiro atoms. The Morgan fingerprint density at radius 2 is 1.91 bits per heavy atom. The monoisotopic (exact) mass is 335 g/mol. The molecule has 3 aromatic rings. The van der Waals surface area contributed by atoms with Gasteiger partial charge in [-0.15, -0.1) is 10.2 Å². The number of benzene rings is 1. The maximum absolute atomic E-state index is 12.9. The van der Waals surface area contributed by atoms with Gasteiger partial charge in [-0.2, -0.15) is 9.61 Å². The van der Waals surface area contributed by atoms with E-state index in [4.69, 9.17) is 4.74 Å². The molecule has 2 aromatic heterocycles. The highest BCUT2D eigenvalue weighted by Crippen LogP contribution is 2.18. The van der Waals surface area contributed by atoms with Crippen LogP contribution in [0.1, 0.15) is 24.7 Å². The van der Waals surface area contributed by atoms with Crippen LogP contribution < -0.4 is 4.74 Å². The third kappa shape index (κ3) is 3.65. The van der Waals surface area contributed by atoms with E-state index in [2.05, 4.69) is 34.0 Å². The Kier molecular flexibility index (Phi) is 4.82. The van der Waals surface area contributed by atoms with Gasteiger partial charge in [0.25, 0.3) is 0 Å². The molecule has 0 aliphatic rings. The molecule has 0 aliphatic heterocycles. The summed E-state index contributed by atoms with van der Waals surface area (Å²) in [5.41, 5.74) is 0. The van der Waals surface area contributed by atoms with Crippen molar-refractivity contribution in [2.24, 2.45) is 0 Å². The van der Waals surface area contributed by atoms with E-state index in [9.17, 15) is 4.39 Å². The first-order chi connectivity index (χ1) is 11.2. The molecular weight excluding hydrogens is 317 g/mol. The van der Waals surface area contributed by atoms with Crippen LogP contribution in [0.15, 0.2) is 24.3 Å². The quantitative estimate of drug-likeness (QED) is 0.664. The molecule has 0 amide bonds. The summed E-state index contributed by atoms with van der Waals surface area (Å²) in [6.45, 7) is 7.18. The van der Waals surface area contributed by atoms with Gasteiger partial charge in [0.15, 0.2) is 10.8 Å². The number of hydrogen-bond acceptors (Lipinski definition) is 6. The Labute approximate surface area is 137 Å².